The lowest BCUT2D eigenvalue weighted by Gasteiger charge is -2.36. The van der Waals surface area contributed by atoms with Crippen LogP contribution >= 0.6 is 0 Å². The molecule has 1 aliphatic rings. The number of unbranched alkanes of at least 4 members (excludes halogenated alkanes) is 1. The van der Waals surface area contributed by atoms with E-state index in [0.29, 0.717) is 10.6 Å². The third kappa shape index (κ3) is 4.04. The summed E-state index contributed by atoms with van der Waals surface area (Å²) >= 11 is 0. The van der Waals surface area contributed by atoms with Gasteiger partial charge in [0.1, 0.15) is 5.75 Å². The maximum Gasteiger partial charge on any atom is 0.180 e. The van der Waals surface area contributed by atoms with Gasteiger partial charge in [0.2, 0.25) is 0 Å². The van der Waals surface area contributed by atoms with Gasteiger partial charge in [0, 0.05) is 5.54 Å². The Balaban J connectivity index is 2.21. The van der Waals surface area contributed by atoms with Crippen LogP contribution in [-0.4, -0.2) is 26.8 Å². The summed E-state index contributed by atoms with van der Waals surface area (Å²) < 4.78 is 32.0. The molecule has 0 saturated carbocycles. The molecule has 0 saturated heterocycles. The van der Waals surface area contributed by atoms with Crippen LogP contribution in [0.2, 0.25) is 0 Å². The lowest BCUT2D eigenvalue weighted by Crippen LogP contribution is -2.50. The van der Waals surface area contributed by atoms with Crippen LogP contribution in [0, 0.1) is 0 Å². The monoisotopic (exact) mass is 387 g/mol. The maximum atomic E-state index is 13.3. The number of hydrogen-bond donors (Lipinski definition) is 1. The van der Waals surface area contributed by atoms with E-state index in [1.54, 1.807) is 19.2 Å². The summed E-state index contributed by atoms with van der Waals surface area (Å²) in [6.45, 7) is 4.22. The van der Waals surface area contributed by atoms with Gasteiger partial charge in [-0.05, 0) is 42.2 Å². The molecule has 1 N–H and O–H groups in total. The third-order valence-corrected chi connectivity index (χ3v) is 7.57. The van der Waals surface area contributed by atoms with Gasteiger partial charge in [-0.15, -0.1) is 0 Å². The van der Waals surface area contributed by atoms with E-state index >= 15 is 0 Å². The second-order valence-electron chi connectivity index (χ2n) is 7.39. The van der Waals surface area contributed by atoms with Crippen molar-refractivity contribution in [3.63, 3.8) is 0 Å². The van der Waals surface area contributed by atoms with E-state index in [4.69, 9.17) is 4.74 Å². The van der Waals surface area contributed by atoms with Crippen LogP contribution in [0.5, 0.6) is 5.75 Å². The number of sulfone groups is 1. The molecule has 0 spiro atoms. The summed E-state index contributed by atoms with van der Waals surface area (Å²) in [4.78, 5) is 0.413. The molecule has 0 amide bonds. The van der Waals surface area contributed by atoms with E-state index in [9.17, 15) is 8.42 Å². The fraction of sp³-hybridized carbons (Fsp3) is 0.455. The number of methoxy groups -OCH3 is 1. The molecular weight excluding hydrogens is 358 g/mol. The molecule has 2 atom stereocenters. The molecule has 0 aliphatic carbocycles. The SMILES string of the molecule is CCCC[C@]1(CC)CS(=O)(=O)c2ccc(OC)cc2[C@H](c2ccccc2)N1. The molecule has 1 heterocycles. The summed E-state index contributed by atoms with van der Waals surface area (Å²) in [7, 11) is -1.81. The summed E-state index contributed by atoms with van der Waals surface area (Å²) in [5.41, 5.74) is 1.40. The molecule has 1 aliphatic heterocycles. The first-order valence-electron chi connectivity index (χ1n) is 9.68. The van der Waals surface area contributed by atoms with Crippen LogP contribution in [0.25, 0.3) is 0 Å². The van der Waals surface area contributed by atoms with Crippen molar-refractivity contribution in [3.8, 4) is 5.75 Å². The Morgan fingerprint density at radius 1 is 1.15 bits per heavy atom. The van der Waals surface area contributed by atoms with E-state index in [0.717, 1.165) is 36.8 Å². The zero-order chi connectivity index (χ0) is 19.5. The highest BCUT2D eigenvalue weighted by molar-refractivity contribution is 7.91. The molecule has 2 aromatic carbocycles. The predicted molar refractivity (Wildman–Crippen MR) is 109 cm³/mol. The number of hydrogen-bond acceptors (Lipinski definition) is 4. The van der Waals surface area contributed by atoms with Gasteiger partial charge in [-0.3, -0.25) is 5.32 Å². The molecule has 0 aromatic heterocycles. The van der Waals surface area contributed by atoms with Crippen LogP contribution in [0.1, 0.15) is 56.7 Å². The number of benzene rings is 2. The molecule has 146 valence electrons. The summed E-state index contributed by atoms with van der Waals surface area (Å²) in [6.07, 6.45) is 3.65. The highest BCUT2D eigenvalue weighted by atomic mass is 32.2. The first-order chi connectivity index (χ1) is 12.9. The fourth-order valence-corrected chi connectivity index (χ4v) is 6.10. The van der Waals surface area contributed by atoms with Gasteiger partial charge in [-0.2, -0.15) is 0 Å². The average Bonchev–Trinajstić information content (AvgIpc) is 2.79. The minimum absolute atomic E-state index is 0.124. The fourth-order valence-electron chi connectivity index (χ4n) is 3.98. The Labute approximate surface area is 162 Å². The van der Waals surface area contributed by atoms with Crippen LogP contribution in [0.15, 0.2) is 53.4 Å². The van der Waals surface area contributed by atoms with E-state index in [2.05, 4.69) is 31.3 Å². The van der Waals surface area contributed by atoms with Gasteiger partial charge in [0.15, 0.2) is 9.84 Å². The van der Waals surface area contributed by atoms with Gasteiger partial charge in [-0.1, -0.05) is 57.0 Å². The van der Waals surface area contributed by atoms with Gasteiger partial charge in [0.25, 0.3) is 0 Å². The topological polar surface area (TPSA) is 55.4 Å². The number of nitrogens with one attached hydrogen (secondary N) is 1. The van der Waals surface area contributed by atoms with Crippen molar-refractivity contribution in [1.29, 1.82) is 0 Å². The number of ether oxygens (including phenoxy) is 1. The highest BCUT2D eigenvalue weighted by Gasteiger charge is 2.41. The quantitative estimate of drug-likeness (QED) is 0.793. The van der Waals surface area contributed by atoms with E-state index in [1.807, 2.05) is 24.3 Å². The van der Waals surface area contributed by atoms with Crippen molar-refractivity contribution in [2.24, 2.45) is 0 Å². The lowest BCUT2D eigenvalue weighted by molar-refractivity contribution is 0.294. The van der Waals surface area contributed by atoms with Gasteiger partial charge >= 0.3 is 0 Å². The molecule has 3 rings (SSSR count). The van der Waals surface area contributed by atoms with E-state index < -0.39 is 15.4 Å². The highest BCUT2D eigenvalue weighted by Crippen LogP contribution is 2.39. The Bertz CT molecular complexity index is 880. The molecule has 0 radical (unpaired) electrons. The standard InChI is InChI=1S/C22H29NO3S/c1-4-6-14-22(5-2)16-27(24,25)20-13-12-18(26-3)15-19(20)21(23-22)17-10-8-7-9-11-17/h7-13,15,21,23H,4-6,14,16H2,1-3H3/t21-,22+/m0/s1. The third-order valence-electron chi connectivity index (χ3n) is 5.60. The Morgan fingerprint density at radius 2 is 1.89 bits per heavy atom. The zero-order valence-corrected chi connectivity index (χ0v) is 17.2. The van der Waals surface area contributed by atoms with Gasteiger partial charge in [-0.25, -0.2) is 8.42 Å². The van der Waals surface area contributed by atoms with Crippen LogP contribution in [0.3, 0.4) is 0 Å². The minimum Gasteiger partial charge on any atom is -0.497 e. The van der Waals surface area contributed by atoms with E-state index in [1.165, 1.54) is 0 Å². The van der Waals surface area contributed by atoms with E-state index in [-0.39, 0.29) is 11.8 Å². The first kappa shape index (κ1) is 19.9. The summed E-state index contributed by atoms with van der Waals surface area (Å²) in [5.74, 6) is 0.795. The number of fused-ring (bicyclic) bond motifs is 1. The molecule has 0 bridgehead atoms. The molecule has 4 nitrogen and oxygen atoms in total. The lowest BCUT2D eigenvalue weighted by atomic mass is 9.88. The van der Waals surface area contributed by atoms with Gasteiger partial charge in [0.05, 0.1) is 23.8 Å². The summed E-state index contributed by atoms with van der Waals surface area (Å²) in [6, 6.07) is 15.2. The zero-order valence-electron chi connectivity index (χ0n) is 16.4. The van der Waals surface area contributed by atoms with Crippen LogP contribution in [0.4, 0.5) is 0 Å². The molecular formula is C22H29NO3S. The van der Waals surface area contributed by atoms with Crippen molar-refractivity contribution < 1.29 is 13.2 Å². The second-order valence-corrected chi connectivity index (χ2v) is 9.35. The van der Waals surface area contributed by atoms with Crippen molar-refractivity contribution in [2.45, 2.75) is 56.0 Å². The average molecular weight is 388 g/mol. The predicted octanol–water partition coefficient (Wildman–Crippen LogP) is 4.50. The molecule has 2 aromatic rings. The first-order valence-corrected chi connectivity index (χ1v) is 11.3. The Kier molecular flexibility index (Phi) is 5.92. The van der Waals surface area contributed by atoms with Crippen molar-refractivity contribution in [1.82, 2.24) is 5.32 Å². The van der Waals surface area contributed by atoms with Crippen molar-refractivity contribution in [3.05, 3.63) is 59.7 Å². The van der Waals surface area contributed by atoms with Gasteiger partial charge < -0.3 is 4.74 Å². The van der Waals surface area contributed by atoms with Crippen LogP contribution in [-0.2, 0) is 9.84 Å². The second kappa shape index (κ2) is 8.03. The maximum absolute atomic E-state index is 13.3. The number of rotatable bonds is 6. The Morgan fingerprint density at radius 3 is 2.52 bits per heavy atom. The summed E-state index contributed by atoms with van der Waals surface area (Å²) in [5, 5.41) is 3.76. The van der Waals surface area contributed by atoms with Crippen molar-refractivity contribution in [2.75, 3.05) is 12.9 Å². The minimum atomic E-state index is -3.41. The van der Waals surface area contributed by atoms with Crippen molar-refractivity contribution >= 4 is 9.84 Å². The largest absolute Gasteiger partial charge is 0.497 e. The molecule has 0 fully saturated rings. The van der Waals surface area contributed by atoms with Crippen LogP contribution < -0.4 is 10.1 Å². The Hall–Kier alpha value is -1.85. The normalized spacial score (nSPS) is 24.0. The molecule has 27 heavy (non-hydrogen) atoms. The molecule has 0 unspecified atom stereocenters. The smallest absolute Gasteiger partial charge is 0.180 e. The molecule has 5 heteroatoms.